The molecule has 0 aliphatic rings. The van der Waals surface area contributed by atoms with Gasteiger partial charge in [0, 0.05) is 17.8 Å². The summed E-state index contributed by atoms with van der Waals surface area (Å²) in [5, 5.41) is 0. The fraction of sp³-hybridized carbons (Fsp3) is 0.190. The van der Waals surface area contributed by atoms with E-state index in [9.17, 15) is 4.79 Å². The van der Waals surface area contributed by atoms with E-state index in [-0.39, 0.29) is 5.56 Å². The van der Waals surface area contributed by atoms with E-state index in [4.69, 9.17) is 4.74 Å². The Hall–Kier alpha value is -2.81. The van der Waals surface area contributed by atoms with Gasteiger partial charge >= 0.3 is 0 Å². The molecule has 3 heteroatoms. The first-order valence-electron chi connectivity index (χ1n) is 8.12. The molecule has 0 bridgehead atoms. The molecule has 24 heavy (non-hydrogen) atoms. The van der Waals surface area contributed by atoms with Crippen LogP contribution in [0.2, 0.25) is 0 Å². The molecule has 0 atom stereocenters. The van der Waals surface area contributed by atoms with E-state index in [1.807, 2.05) is 63.4 Å². The van der Waals surface area contributed by atoms with Crippen molar-refractivity contribution in [3.8, 4) is 22.6 Å². The minimum absolute atomic E-state index is 0.0283. The molecule has 3 nitrogen and oxygen atoms in total. The Kier molecular flexibility index (Phi) is 4.52. The summed E-state index contributed by atoms with van der Waals surface area (Å²) in [6, 6.07) is 17.6. The lowest BCUT2D eigenvalue weighted by Gasteiger charge is -2.14. The van der Waals surface area contributed by atoms with Crippen LogP contribution >= 0.6 is 0 Å². The van der Waals surface area contributed by atoms with Crippen LogP contribution < -0.4 is 10.3 Å². The van der Waals surface area contributed by atoms with E-state index in [0.29, 0.717) is 6.61 Å². The predicted octanol–water partition coefficient (Wildman–Crippen LogP) is 4.52. The van der Waals surface area contributed by atoms with Gasteiger partial charge in [-0.25, -0.2) is 0 Å². The highest BCUT2D eigenvalue weighted by atomic mass is 16.5. The zero-order valence-corrected chi connectivity index (χ0v) is 14.2. The number of hydrogen-bond donors (Lipinski definition) is 0. The SMILES string of the molecule is CCOc1ccc(-n2cc(-c3ccccc3)c(C)cc2=O)c(C)c1. The number of rotatable bonds is 4. The van der Waals surface area contributed by atoms with Crippen molar-refractivity contribution in [3.05, 3.63) is 82.3 Å². The standard InChI is InChI=1S/C21H21NO2/c1-4-24-18-10-11-20(16(3)12-18)22-14-19(15(2)13-21(22)23)17-8-6-5-7-9-17/h5-14H,4H2,1-3H3. The molecular weight excluding hydrogens is 298 g/mol. The first-order valence-corrected chi connectivity index (χ1v) is 8.12. The van der Waals surface area contributed by atoms with E-state index in [2.05, 4.69) is 12.1 Å². The van der Waals surface area contributed by atoms with Gasteiger partial charge < -0.3 is 4.74 Å². The van der Waals surface area contributed by atoms with Gasteiger partial charge in [-0.15, -0.1) is 0 Å². The minimum Gasteiger partial charge on any atom is -0.494 e. The average Bonchev–Trinajstić information content (AvgIpc) is 2.57. The lowest BCUT2D eigenvalue weighted by molar-refractivity contribution is 0.340. The van der Waals surface area contributed by atoms with Gasteiger partial charge in [0.25, 0.3) is 5.56 Å². The van der Waals surface area contributed by atoms with Gasteiger partial charge in [-0.05, 0) is 55.7 Å². The topological polar surface area (TPSA) is 31.2 Å². The van der Waals surface area contributed by atoms with Crippen molar-refractivity contribution >= 4 is 0 Å². The van der Waals surface area contributed by atoms with Gasteiger partial charge in [-0.3, -0.25) is 9.36 Å². The molecule has 0 saturated heterocycles. The monoisotopic (exact) mass is 319 g/mol. The highest BCUT2D eigenvalue weighted by Gasteiger charge is 2.09. The van der Waals surface area contributed by atoms with Crippen LogP contribution in [-0.4, -0.2) is 11.2 Å². The van der Waals surface area contributed by atoms with Crippen LogP contribution in [0.25, 0.3) is 16.8 Å². The Labute approximate surface area is 142 Å². The van der Waals surface area contributed by atoms with Crippen LogP contribution in [0.4, 0.5) is 0 Å². The highest BCUT2D eigenvalue weighted by Crippen LogP contribution is 2.25. The van der Waals surface area contributed by atoms with Crippen molar-refractivity contribution in [2.24, 2.45) is 0 Å². The Morgan fingerprint density at radius 2 is 1.71 bits per heavy atom. The molecule has 1 aromatic heterocycles. The van der Waals surface area contributed by atoms with Crippen LogP contribution in [0.15, 0.2) is 65.6 Å². The normalized spacial score (nSPS) is 10.6. The molecule has 0 amide bonds. The van der Waals surface area contributed by atoms with Crippen molar-refractivity contribution in [2.45, 2.75) is 20.8 Å². The predicted molar refractivity (Wildman–Crippen MR) is 98.1 cm³/mol. The van der Waals surface area contributed by atoms with E-state index >= 15 is 0 Å². The number of nitrogens with zero attached hydrogens (tertiary/aromatic N) is 1. The largest absolute Gasteiger partial charge is 0.494 e. The number of hydrogen-bond acceptors (Lipinski definition) is 2. The Morgan fingerprint density at radius 1 is 0.958 bits per heavy atom. The van der Waals surface area contributed by atoms with Crippen molar-refractivity contribution in [3.63, 3.8) is 0 Å². The summed E-state index contributed by atoms with van der Waals surface area (Å²) >= 11 is 0. The Morgan fingerprint density at radius 3 is 2.38 bits per heavy atom. The lowest BCUT2D eigenvalue weighted by Crippen LogP contribution is -2.18. The second kappa shape index (κ2) is 6.75. The molecule has 0 unspecified atom stereocenters. The third kappa shape index (κ3) is 3.11. The van der Waals surface area contributed by atoms with Gasteiger partial charge in [0.1, 0.15) is 5.75 Å². The summed E-state index contributed by atoms with van der Waals surface area (Å²) in [5.74, 6) is 0.821. The van der Waals surface area contributed by atoms with E-state index in [1.165, 1.54) is 0 Å². The zero-order valence-electron chi connectivity index (χ0n) is 14.2. The number of pyridine rings is 1. The molecule has 0 fully saturated rings. The van der Waals surface area contributed by atoms with Crippen LogP contribution in [0.5, 0.6) is 5.75 Å². The molecule has 2 aromatic carbocycles. The number of benzene rings is 2. The van der Waals surface area contributed by atoms with E-state index in [1.54, 1.807) is 10.6 Å². The summed E-state index contributed by atoms with van der Waals surface area (Å²) < 4.78 is 7.24. The molecule has 0 spiro atoms. The minimum atomic E-state index is -0.0283. The molecule has 1 heterocycles. The number of aryl methyl sites for hydroxylation is 2. The van der Waals surface area contributed by atoms with Crippen molar-refractivity contribution in [2.75, 3.05) is 6.61 Å². The van der Waals surface area contributed by atoms with Crippen molar-refractivity contribution in [1.82, 2.24) is 4.57 Å². The first-order chi connectivity index (χ1) is 11.6. The average molecular weight is 319 g/mol. The van der Waals surface area contributed by atoms with Crippen molar-refractivity contribution in [1.29, 1.82) is 0 Å². The van der Waals surface area contributed by atoms with Gasteiger partial charge in [0.2, 0.25) is 0 Å². The number of ether oxygens (including phenoxy) is 1. The molecule has 0 aliphatic carbocycles. The summed E-state index contributed by atoms with van der Waals surface area (Å²) in [5.41, 5.74) is 4.99. The summed E-state index contributed by atoms with van der Waals surface area (Å²) in [4.78, 5) is 12.5. The van der Waals surface area contributed by atoms with Gasteiger partial charge in [0.15, 0.2) is 0 Å². The second-order valence-electron chi connectivity index (χ2n) is 5.83. The summed E-state index contributed by atoms with van der Waals surface area (Å²) in [7, 11) is 0. The molecule has 122 valence electrons. The second-order valence-corrected chi connectivity index (χ2v) is 5.83. The maximum absolute atomic E-state index is 12.5. The smallest absolute Gasteiger partial charge is 0.255 e. The lowest BCUT2D eigenvalue weighted by atomic mass is 10.0. The maximum Gasteiger partial charge on any atom is 0.255 e. The Balaban J connectivity index is 2.14. The molecule has 0 aliphatic heterocycles. The van der Waals surface area contributed by atoms with E-state index in [0.717, 1.165) is 33.7 Å². The van der Waals surface area contributed by atoms with Gasteiger partial charge in [-0.2, -0.15) is 0 Å². The van der Waals surface area contributed by atoms with E-state index < -0.39 is 0 Å². The molecule has 0 radical (unpaired) electrons. The summed E-state index contributed by atoms with van der Waals surface area (Å²) in [6.45, 7) is 6.55. The third-order valence-corrected chi connectivity index (χ3v) is 4.08. The fourth-order valence-electron chi connectivity index (χ4n) is 2.89. The quantitative estimate of drug-likeness (QED) is 0.708. The highest BCUT2D eigenvalue weighted by molar-refractivity contribution is 5.66. The van der Waals surface area contributed by atoms with Crippen LogP contribution in [0, 0.1) is 13.8 Å². The van der Waals surface area contributed by atoms with Gasteiger partial charge in [-0.1, -0.05) is 30.3 Å². The molecule has 0 saturated carbocycles. The van der Waals surface area contributed by atoms with Crippen LogP contribution in [-0.2, 0) is 0 Å². The van der Waals surface area contributed by atoms with Crippen LogP contribution in [0.3, 0.4) is 0 Å². The molecule has 0 N–H and O–H groups in total. The molecular formula is C21H21NO2. The number of aromatic nitrogens is 1. The zero-order chi connectivity index (χ0) is 17.1. The molecule has 3 aromatic rings. The fourth-order valence-corrected chi connectivity index (χ4v) is 2.89. The Bertz CT molecular complexity index is 911. The summed E-state index contributed by atoms with van der Waals surface area (Å²) in [6.07, 6.45) is 1.93. The molecule has 3 rings (SSSR count). The van der Waals surface area contributed by atoms with Gasteiger partial charge in [0.05, 0.1) is 12.3 Å². The van der Waals surface area contributed by atoms with Crippen molar-refractivity contribution < 1.29 is 4.74 Å². The first kappa shape index (κ1) is 16.1. The maximum atomic E-state index is 12.5. The third-order valence-electron chi connectivity index (χ3n) is 4.08. The van der Waals surface area contributed by atoms with Crippen LogP contribution in [0.1, 0.15) is 18.1 Å².